The molecular weight excluding hydrogens is 178 g/mol. The molecule has 1 aliphatic rings. The third-order valence-corrected chi connectivity index (χ3v) is 2.88. The van der Waals surface area contributed by atoms with E-state index in [9.17, 15) is 4.79 Å². The van der Waals surface area contributed by atoms with Crippen molar-refractivity contribution in [1.82, 2.24) is 15.5 Å². The van der Waals surface area contributed by atoms with Crippen LogP contribution in [-0.2, 0) is 0 Å². The van der Waals surface area contributed by atoms with Gasteiger partial charge in [-0.1, -0.05) is 6.92 Å². The normalized spacial score (nSPS) is 26.2. The van der Waals surface area contributed by atoms with E-state index in [-0.39, 0.29) is 6.03 Å². The summed E-state index contributed by atoms with van der Waals surface area (Å²) >= 11 is 0. The topological polar surface area (TPSA) is 44.4 Å². The van der Waals surface area contributed by atoms with Gasteiger partial charge in [0.1, 0.15) is 0 Å². The smallest absolute Gasteiger partial charge is 0.317 e. The van der Waals surface area contributed by atoms with Crippen LogP contribution in [0.15, 0.2) is 0 Å². The van der Waals surface area contributed by atoms with E-state index >= 15 is 0 Å². The van der Waals surface area contributed by atoms with Gasteiger partial charge in [-0.15, -0.1) is 0 Å². The Balaban J connectivity index is 2.39. The Morgan fingerprint density at radius 3 is 2.50 bits per heavy atom. The van der Waals surface area contributed by atoms with Crippen LogP contribution in [0.25, 0.3) is 0 Å². The molecule has 0 spiro atoms. The zero-order valence-corrected chi connectivity index (χ0v) is 9.34. The molecule has 2 atom stereocenters. The van der Waals surface area contributed by atoms with E-state index in [1.807, 2.05) is 18.7 Å². The van der Waals surface area contributed by atoms with E-state index in [0.29, 0.717) is 12.0 Å². The van der Waals surface area contributed by atoms with Crippen LogP contribution in [0.5, 0.6) is 0 Å². The van der Waals surface area contributed by atoms with Crippen molar-refractivity contribution in [3.63, 3.8) is 0 Å². The van der Waals surface area contributed by atoms with Crippen molar-refractivity contribution in [2.75, 3.05) is 26.2 Å². The van der Waals surface area contributed by atoms with Crippen LogP contribution in [0.2, 0.25) is 0 Å². The van der Waals surface area contributed by atoms with Crippen molar-refractivity contribution in [1.29, 1.82) is 0 Å². The molecule has 82 valence electrons. The molecule has 4 nitrogen and oxygen atoms in total. The number of rotatable bonds is 3. The third-order valence-electron chi connectivity index (χ3n) is 2.88. The van der Waals surface area contributed by atoms with Gasteiger partial charge in [0.15, 0.2) is 0 Å². The average molecular weight is 199 g/mol. The summed E-state index contributed by atoms with van der Waals surface area (Å²) in [7, 11) is 0. The van der Waals surface area contributed by atoms with Crippen LogP contribution in [0.4, 0.5) is 4.79 Å². The quantitative estimate of drug-likeness (QED) is 0.701. The Morgan fingerprint density at radius 1 is 1.43 bits per heavy atom. The standard InChI is InChI=1S/C10H21N3O/c1-4-13(5-2)10(14)12-9-7-11-6-8(9)3/h8-9,11H,4-7H2,1-3H3,(H,12,14). The maximum Gasteiger partial charge on any atom is 0.317 e. The fraction of sp³-hybridized carbons (Fsp3) is 0.900. The molecule has 0 aromatic rings. The molecule has 14 heavy (non-hydrogen) atoms. The Labute approximate surface area is 86.0 Å². The molecule has 0 radical (unpaired) electrons. The number of hydrogen-bond donors (Lipinski definition) is 2. The molecular formula is C10H21N3O. The Bertz CT molecular complexity index is 192. The first-order valence-corrected chi connectivity index (χ1v) is 5.45. The van der Waals surface area contributed by atoms with Crippen molar-refractivity contribution in [3.8, 4) is 0 Å². The van der Waals surface area contributed by atoms with Crippen molar-refractivity contribution >= 4 is 6.03 Å². The van der Waals surface area contributed by atoms with Crippen molar-refractivity contribution in [2.45, 2.75) is 26.8 Å². The zero-order chi connectivity index (χ0) is 10.6. The first-order valence-electron chi connectivity index (χ1n) is 5.45. The lowest BCUT2D eigenvalue weighted by molar-refractivity contribution is 0.197. The lowest BCUT2D eigenvalue weighted by atomic mass is 10.1. The van der Waals surface area contributed by atoms with Crippen LogP contribution in [-0.4, -0.2) is 43.2 Å². The predicted octanol–water partition coefficient (Wildman–Crippen LogP) is 0.646. The molecule has 0 saturated carbocycles. The summed E-state index contributed by atoms with van der Waals surface area (Å²) in [6.07, 6.45) is 0. The number of nitrogens with one attached hydrogen (secondary N) is 2. The van der Waals surface area contributed by atoms with Crippen LogP contribution in [0, 0.1) is 5.92 Å². The van der Waals surface area contributed by atoms with Crippen LogP contribution < -0.4 is 10.6 Å². The van der Waals surface area contributed by atoms with Gasteiger partial charge in [0.05, 0.1) is 0 Å². The lowest BCUT2D eigenvalue weighted by Crippen LogP contribution is -2.47. The molecule has 2 N–H and O–H groups in total. The molecule has 1 saturated heterocycles. The molecule has 1 aliphatic heterocycles. The Kier molecular flexibility index (Phi) is 4.20. The highest BCUT2D eigenvalue weighted by molar-refractivity contribution is 5.74. The highest BCUT2D eigenvalue weighted by Gasteiger charge is 2.25. The Hall–Kier alpha value is -0.770. The van der Waals surface area contributed by atoms with Crippen LogP contribution >= 0.6 is 0 Å². The van der Waals surface area contributed by atoms with Gasteiger partial charge < -0.3 is 15.5 Å². The molecule has 0 aromatic carbocycles. The first-order chi connectivity index (χ1) is 6.69. The minimum absolute atomic E-state index is 0.0653. The molecule has 2 amide bonds. The van der Waals surface area contributed by atoms with Crippen molar-refractivity contribution < 1.29 is 4.79 Å². The number of amides is 2. The summed E-state index contributed by atoms with van der Waals surface area (Å²) in [6, 6.07) is 0.360. The summed E-state index contributed by atoms with van der Waals surface area (Å²) in [5, 5.41) is 6.32. The monoisotopic (exact) mass is 199 g/mol. The highest BCUT2D eigenvalue weighted by Crippen LogP contribution is 2.07. The zero-order valence-electron chi connectivity index (χ0n) is 9.34. The van der Waals surface area contributed by atoms with Gasteiger partial charge in [-0.25, -0.2) is 4.79 Å². The van der Waals surface area contributed by atoms with E-state index in [1.165, 1.54) is 0 Å². The average Bonchev–Trinajstić information content (AvgIpc) is 2.54. The van der Waals surface area contributed by atoms with Gasteiger partial charge in [0.2, 0.25) is 0 Å². The number of nitrogens with zero attached hydrogens (tertiary/aromatic N) is 1. The van der Waals surface area contributed by atoms with E-state index < -0.39 is 0 Å². The largest absolute Gasteiger partial charge is 0.334 e. The maximum atomic E-state index is 11.7. The van der Waals surface area contributed by atoms with E-state index in [4.69, 9.17) is 0 Å². The summed E-state index contributed by atoms with van der Waals surface area (Å²) in [5.74, 6) is 0.537. The summed E-state index contributed by atoms with van der Waals surface area (Å²) in [6.45, 7) is 9.61. The number of carbonyl (C=O) groups is 1. The van der Waals surface area contributed by atoms with Crippen LogP contribution in [0.1, 0.15) is 20.8 Å². The first kappa shape index (κ1) is 11.3. The summed E-state index contributed by atoms with van der Waals surface area (Å²) < 4.78 is 0. The number of urea groups is 1. The second kappa shape index (κ2) is 5.20. The predicted molar refractivity (Wildman–Crippen MR) is 57.3 cm³/mol. The van der Waals surface area contributed by atoms with E-state index in [1.54, 1.807) is 0 Å². The molecule has 0 aromatic heterocycles. The van der Waals surface area contributed by atoms with Crippen molar-refractivity contribution in [2.24, 2.45) is 5.92 Å². The number of hydrogen-bond acceptors (Lipinski definition) is 2. The fourth-order valence-corrected chi connectivity index (χ4v) is 1.76. The minimum Gasteiger partial charge on any atom is -0.334 e. The maximum absolute atomic E-state index is 11.7. The molecule has 4 heteroatoms. The van der Waals surface area contributed by atoms with Gasteiger partial charge in [-0.2, -0.15) is 0 Å². The molecule has 1 heterocycles. The van der Waals surface area contributed by atoms with E-state index in [0.717, 1.165) is 26.2 Å². The third kappa shape index (κ3) is 2.61. The lowest BCUT2D eigenvalue weighted by Gasteiger charge is -2.23. The fourth-order valence-electron chi connectivity index (χ4n) is 1.76. The van der Waals surface area contributed by atoms with E-state index in [2.05, 4.69) is 17.6 Å². The second-order valence-corrected chi connectivity index (χ2v) is 3.86. The van der Waals surface area contributed by atoms with Gasteiger partial charge in [-0.05, 0) is 26.3 Å². The highest BCUT2D eigenvalue weighted by atomic mass is 16.2. The molecule has 1 rings (SSSR count). The molecule has 2 unspecified atom stereocenters. The van der Waals surface area contributed by atoms with Gasteiger partial charge in [0.25, 0.3) is 0 Å². The molecule has 0 bridgehead atoms. The molecule has 0 aliphatic carbocycles. The Morgan fingerprint density at radius 2 is 2.07 bits per heavy atom. The molecule has 1 fully saturated rings. The summed E-state index contributed by atoms with van der Waals surface area (Å²) in [4.78, 5) is 13.5. The van der Waals surface area contributed by atoms with Crippen LogP contribution in [0.3, 0.4) is 0 Å². The van der Waals surface area contributed by atoms with Crippen molar-refractivity contribution in [3.05, 3.63) is 0 Å². The van der Waals surface area contributed by atoms with Gasteiger partial charge in [0, 0.05) is 25.7 Å². The second-order valence-electron chi connectivity index (χ2n) is 3.86. The minimum atomic E-state index is 0.0653. The SMILES string of the molecule is CCN(CC)C(=O)NC1CNCC1C. The van der Waals surface area contributed by atoms with Gasteiger partial charge >= 0.3 is 6.03 Å². The van der Waals surface area contributed by atoms with Gasteiger partial charge in [-0.3, -0.25) is 0 Å². The number of carbonyl (C=O) groups excluding carboxylic acids is 1. The summed E-state index contributed by atoms with van der Waals surface area (Å²) in [5.41, 5.74) is 0.